The second kappa shape index (κ2) is 6.02. The van der Waals surface area contributed by atoms with Crippen LogP contribution in [-0.2, 0) is 9.31 Å². The number of hydrogen-bond donors (Lipinski definition) is 0. The van der Waals surface area contributed by atoms with Gasteiger partial charge in [0.15, 0.2) is 0 Å². The molecule has 0 aliphatic carbocycles. The topological polar surface area (TPSA) is 30.8 Å². The first-order chi connectivity index (χ1) is 10.5. The van der Waals surface area contributed by atoms with E-state index in [0.29, 0.717) is 5.92 Å². The standard InChI is InChI=1S/C18H24BNO2/c1-13(2)17-18(3,4)22-19(21-17)15-10-11-16(20-12-15)14-8-6-5-7-9-14/h5-9,11-13,15,17H,10H2,1-4H3. The maximum Gasteiger partial charge on any atom is 0.466 e. The Balaban J connectivity index is 1.68. The summed E-state index contributed by atoms with van der Waals surface area (Å²) >= 11 is 0. The summed E-state index contributed by atoms with van der Waals surface area (Å²) < 4.78 is 12.3. The Hall–Kier alpha value is -1.39. The van der Waals surface area contributed by atoms with Crippen LogP contribution in [0.3, 0.4) is 0 Å². The summed E-state index contributed by atoms with van der Waals surface area (Å²) in [5, 5.41) is 0. The van der Waals surface area contributed by atoms with Crippen molar-refractivity contribution in [1.82, 2.24) is 0 Å². The van der Waals surface area contributed by atoms with Crippen molar-refractivity contribution in [3.05, 3.63) is 42.0 Å². The fraction of sp³-hybridized carbons (Fsp3) is 0.500. The highest BCUT2D eigenvalue weighted by molar-refractivity contribution is 6.51. The molecule has 4 heteroatoms. The minimum atomic E-state index is -0.240. The van der Waals surface area contributed by atoms with E-state index in [-0.39, 0.29) is 24.6 Å². The SMILES string of the molecule is CC(C)C1OB(C2C=NC(c3ccccc3)=CC2)OC1(C)C. The second-order valence-electron chi connectivity index (χ2n) is 7.02. The molecule has 0 amide bonds. The summed E-state index contributed by atoms with van der Waals surface area (Å²) in [5.74, 6) is 0.631. The van der Waals surface area contributed by atoms with E-state index in [1.54, 1.807) is 0 Å². The first kappa shape index (κ1) is 15.5. The molecule has 2 atom stereocenters. The largest absolute Gasteiger partial charge is 0.466 e. The molecule has 0 aromatic heterocycles. The Morgan fingerprint density at radius 2 is 1.95 bits per heavy atom. The lowest BCUT2D eigenvalue weighted by atomic mass is 9.70. The average Bonchev–Trinajstić information content (AvgIpc) is 2.84. The van der Waals surface area contributed by atoms with Gasteiger partial charge in [-0.05, 0) is 31.7 Å². The monoisotopic (exact) mass is 297 g/mol. The van der Waals surface area contributed by atoms with Crippen molar-refractivity contribution in [2.24, 2.45) is 10.9 Å². The van der Waals surface area contributed by atoms with Crippen molar-refractivity contribution < 1.29 is 9.31 Å². The highest BCUT2D eigenvalue weighted by Gasteiger charge is 2.49. The number of aliphatic imine (C=N–C) groups is 1. The van der Waals surface area contributed by atoms with E-state index in [1.807, 2.05) is 24.4 Å². The van der Waals surface area contributed by atoms with Crippen molar-refractivity contribution in [2.45, 2.75) is 51.6 Å². The highest BCUT2D eigenvalue weighted by atomic mass is 16.7. The van der Waals surface area contributed by atoms with Gasteiger partial charge in [0, 0.05) is 12.0 Å². The molecule has 3 nitrogen and oxygen atoms in total. The lowest BCUT2D eigenvalue weighted by Crippen LogP contribution is -2.36. The van der Waals surface area contributed by atoms with E-state index in [0.717, 1.165) is 17.7 Å². The third-order valence-electron chi connectivity index (χ3n) is 4.40. The molecule has 116 valence electrons. The predicted octanol–water partition coefficient (Wildman–Crippen LogP) is 4.21. The molecule has 0 N–H and O–H groups in total. The summed E-state index contributed by atoms with van der Waals surface area (Å²) in [6, 6.07) is 10.3. The fourth-order valence-electron chi connectivity index (χ4n) is 3.37. The zero-order chi connectivity index (χ0) is 15.7. The van der Waals surface area contributed by atoms with Gasteiger partial charge < -0.3 is 9.31 Å². The van der Waals surface area contributed by atoms with E-state index >= 15 is 0 Å². The number of benzene rings is 1. The number of nitrogens with zero attached hydrogens (tertiary/aromatic N) is 1. The van der Waals surface area contributed by atoms with Crippen molar-refractivity contribution in [2.75, 3.05) is 0 Å². The molecule has 0 saturated carbocycles. The first-order valence-electron chi connectivity index (χ1n) is 8.10. The molecule has 1 saturated heterocycles. The molecule has 0 spiro atoms. The van der Waals surface area contributed by atoms with Gasteiger partial charge in [-0.25, -0.2) is 0 Å². The Bertz CT molecular complexity index is 580. The van der Waals surface area contributed by atoms with E-state index < -0.39 is 0 Å². The zero-order valence-corrected chi connectivity index (χ0v) is 13.8. The van der Waals surface area contributed by atoms with Crippen molar-refractivity contribution in [1.29, 1.82) is 0 Å². The summed E-state index contributed by atoms with van der Waals surface area (Å²) in [6.45, 7) is 8.59. The van der Waals surface area contributed by atoms with Crippen LogP contribution in [0, 0.1) is 5.92 Å². The van der Waals surface area contributed by atoms with Crippen LogP contribution in [0.15, 0.2) is 41.4 Å². The van der Waals surface area contributed by atoms with Crippen LogP contribution in [0.2, 0.25) is 5.82 Å². The third-order valence-corrected chi connectivity index (χ3v) is 4.40. The Morgan fingerprint density at radius 3 is 2.50 bits per heavy atom. The summed E-state index contributed by atoms with van der Waals surface area (Å²) in [5.41, 5.74) is 1.95. The molecule has 22 heavy (non-hydrogen) atoms. The molecule has 2 aliphatic heterocycles. The molecular weight excluding hydrogens is 273 g/mol. The van der Waals surface area contributed by atoms with Crippen LogP contribution in [0.25, 0.3) is 5.70 Å². The molecular formula is C18H24BNO2. The molecule has 1 aromatic carbocycles. The quantitative estimate of drug-likeness (QED) is 0.782. The Labute approximate surface area is 133 Å². The van der Waals surface area contributed by atoms with Crippen LogP contribution >= 0.6 is 0 Å². The van der Waals surface area contributed by atoms with Crippen LogP contribution in [0.4, 0.5) is 0 Å². The van der Waals surface area contributed by atoms with Crippen LogP contribution in [-0.4, -0.2) is 25.0 Å². The molecule has 0 radical (unpaired) electrons. The maximum atomic E-state index is 6.18. The van der Waals surface area contributed by atoms with Crippen molar-refractivity contribution in [3.63, 3.8) is 0 Å². The van der Waals surface area contributed by atoms with E-state index in [2.05, 4.69) is 50.9 Å². The van der Waals surface area contributed by atoms with E-state index in [9.17, 15) is 0 Å². The normalized spacial score (nSPS) is 27.3. The molecule has 2 heterocycles. The van der Waals surface area contributed by atoms with Crippen LogP contribution < -0.4 is 0 Å². The lowest BCUT2D eigenvalue weighted by molar-refractivity contribution is 0.0438. The smallest absolute Gasteiger partial charge is 0.405 e. The average molecular weight is 297 g/mol. The van der Waals surface area contributed by atoms with Crippen LogP contribution in [0.5, 0.6) is 0 Å². The highest BCUT2D eigenvalue weighted by Crippen LogP contribution is 2.38. The van der Waals surface area contributed by atoms with Crippen LogP contribution in [0.1, 0.15) is 39.7 Å². The molecule has 0 bridgehead atoms. The van der Waals surface area contributed by atoms with Gasteiger partial charge in [0.25, 0.3) is 0 Å². The Morgan fingerprint density at radius 1 is 1.23 bits per heavy atom. The summed E-state index contributed by atoms with van der Waals surface area (Å²) in [4.78, 5) is 4.62. The molecule has 2 unspecified atom stereocenters. The van der Waals surface area contributed by atoms with Gasteiger partial charge >= 0.3 is 7.12 Å². The zero-order valence-electron chi connectivity index (χ0n) is 13.8. The molecule has 1 aromatic rings. The Kier molecular flexibility index (Phi) is 4.24. The number of hydrogen-bond acceptors (Lipinski definition) is 3. The van der Waals surface area contributed by atoms with Gasteiger partial charge in [-0.2, -0.15) is 0 Å². The molecule has 2 aliphatic rings. The number of rotatable bonds is 3. The van der Waals surface area contributed by atoms with Gasteiger partial charge in [0.1, 0.15) is 0 Å². The van der Waals surface area contributed by atoms with Gasteiger partial charge in [0.05, 0.1) is 17.4 Å². The van der Waals surface area contributed by atoms with Gasteiger partial charge in [-0.1, -0.05) is 50.3 Å². The lowest BCUT2D eigenvalue weighted by Gasteiger charge is -2.28. The van der Waals surface area contributed by atoms with Crippen molar-refractivity contribution >= 4 is 19.0 Å². The molecule has 1 fully saturated rings. The molecule has 3 rings (SSSR count). The van der Waals surface area contributed by atoms with Crippen molar-refractivity contribution in [3.8, 4) is 0 Å². The minimum absolute atomic E-state index is 0.130. The van der Waals surface area contributed by atoms with Gasteiger partial charge in [0.2, 0.25) is 0 Å². The summed E-state index contributed by atoms with van der Waals surface area (Å²) in [7, 11) is -0.195. The first-order valence-corrected chi connectivity index (χ1v) is 8.10. The van der Waals surface area contributed by atoms with Gasteiger partial charge in [-0.3, -0.25) is 4.99 Å². The van der Waals surface area contributed by atoms with E-state index in [1.165, 1.54) is 0 Å². The maximum absolute atomic E-state index is 6.18. The minimum Gasteiger partial charge on any atom is -0.405 e. The van der Waals surface area contributed by atoms with Gasteiger partial charge in [-0.15, -0.1) is 0 Å². The third kappa shape index (κ3) is 3.04. The fourth-order valence-corrected chi connectivity index (χ4v) is 3.37. The van der Waals surface area contributed by atoms with E-state index in [4.69, 9.17) is 9.31 Å². The predicted molar refractivity (Wildman–Crippen MR) is 91.9 cm³/mol. The summed E-state index contributed by atoms with van der Waals surface area (Å²) in [6.07, 6.45) is 5.21. The second-order valence-corrected chi connectivity index (χ2v) is 7.02. The number of allylic oxidation sites excluding steroid dienone is 1.